The van der Waals surface area contributed by atoms with Crippen LogP contribution in [-0.4, -0.2) is 10.2 Å². The SMILES string of the molecule is Cc1ccc(CNC(=O)C2(C)CC2(Cl)Cl)c(C)c1. The standard InChI is InChI=1S/C14H17Cl2NO/c1-9-4-5-11(10(2)6-9)7-17-12(18)13(3)8-14(13,15)16/h4-6H,7-8H2,1-3H3,(H,17,18). The minimum atomic E-state index is -0.903. The van der Waals surface area contributed by atoms with Crippen molar-refractivity contribution in [2.45, 2.75) is 38.1 Å². The van der Waals surface area contributed by atoms with Gasteiger partial charge >= 0.3 is 0 Å². The molecule has 0 saturated heterocycles. The highest BCUT2D eigenvalue weighted by Gasteiger charge is 2.67. The summed E-state index contributed by atoms with van der Waals surface area (Å²) in [5, 5.41) is 2.91. The van der Waals surface area contributed by atoms with Gasteiger partial charge in [0.05, 0.1) is 5.41 Å². The summed E-state index contributed by atoms with van der Waals surface area (Å²) >= 11 is 12.0. The van der Waals surface area contributed by atoms with Gasteiger partial charge in [-0.2, -0.15) is 0 Å². The predicted octanol–water partition coefficient (Wildman–Crippen LogP) is 3.50. The summed E-state index contributed by atoms with van der Waals surface area (Å²) in [5.74, 6) is -0.0764. The van der Waals surface area contributed by atoms with Crippen LogP contribution in [-0.2, 0) is 11.3 Å². The number of amides is 1. The molecule has 0 heterocycles. The van der Waals surface area contributed by atoms with Gasteiger partial charge in [0.1, 0.15) is 4.33 Å². The number of benzene rings is 1. The Morgan fingerprint density at radius 3 is 2.50 bits per heavy atom. The van der Waals surface area contributed by atoms with Gasteiger partial charge in [-0.25, -0.2) is 0 Å². The van der Waals surface area contributed by atoms with Crippen LogP contribution in [0.1, 0.15) is 30.0 Å². The molecule has 0 aliphatic heterocycles. The zero-order chi connectivity index (χ0) is 13.6. The van der Waals surface area contributed by atoms with Crippen molar-refractivity contribution in [3.63, 3.8) is 0 Å². The molecule has 1 aromatic rings. The van der Waals surface area contributed by atoms with E-state index in [2.05, 4.69) is 18.3 Å². The average molecular weight is 286 g/mol. The molecule has 1 N–H and O–H groups in total. The van der Waals surface area contributed by atoms with E-state index in [4.69, 9.17) is 23.2 Å². The van der Waals surface area contributed by atoms with E-state index in [0.717, 1.165) is 5.56 Å². The summed E-state index contributed by atoms with van der Waals surface area (Å²) < 4.78 is -0.903. The molecule has 1 saturated carbocycles. The van der Waals surface area contributed by atoms with E-state index in [1.54, 1.807) is 6.92 Å². The smallest absolute Gasteiger partial charge is 0.229 e. The average Bonchev–Trinajstić information content (AvgIpc) is 2.78. The highest BCUT2D eigenvalue weighted by atomic mass is 35.5. The molecule has 2 nitrogen and oxygen atoms in total. The van der Waals surface area contributed by atoms with Crippen LogP contribution in [0.2, 0.25) is 0 Å². The van der Waals surface area contributed by atoms with Crippen molar-refractivity contribution in [1.29, 1.82) is 0 Å². The second-order valence-electron chi connectivity index (χ2n) is 5.33. The number of hydrogen-bond acceptors (Lipinski definition) is 1. The monoisotopic (exact) mass is 285 g/mol. The van der Waals surface area contributed by atoms with Crippen LogP contribution in [0.4, 0.5) is 0 Å². The number of alkyl halides is 2. The van der Waals surface area contributed by atoms with Gasteiger partial charge in [0.25, 0.3) is 0 Å². The van der Waals surface area contributed by atoms with E-state index in [-0.39, 0.29) is 5.91 Å². The lowest BCUT2D eigenvalue weighted by atomic mass is 10.0. The molecule has 0 bridgehead atoms. The molecule has 4 heteroatoms. The van der Waals surface area contributed by atoms with Gasteiger partial charge in [-0.1, -0.05) is 23.8 Å². The molecule has 0 spiro atoms. The van der Waals surface area contributed by atoms with Gasteiger partial charge in [-0.05, 0) is 38.3 Å². The Labute approximate surface area is 118 Å². The maximum atomic E-state index is 12.0. The Hall–Kier alpha value is -0.730. The second kappa shape index (κ2) is 4.43. The lowest BCUT2D eigenvalue weighted by molar-refractivity contribution is -0.125. The number of halogens is 2. The number of rotatable bonds is 3. The van der Waals surface area contributed by atoms with Gasteiger partial charge in [0.15, 0.2) is 0 Å². The first-order valence-corrected chi connectivity index (χ1v) is 6.74. The largest absolute Gasteiger partial charge is 0.351 e. The van der Waals surface area contributed by atoms with Gasteiger partial charge in [-0.15, -0.1) is 23.2 Å². The van der Waals surface area contributed by atoms with Gasteiger partial charge < -0.3 is 5.32 Å². The molecule has 1 atom stereocenters. The molecule has 1 unspecified atom stereocenters. The summed E-state index contributed by atoms with van der Waals surface area (Å²) in [5.41, 5.74) is 2.87. The van der Waals surface area contributed by atoms with E-state index in [0.29, 0.717) is 13.0 Å². The molecule has 1 fully saturated rings. The maximum Gasteiger partial charge on any atom is 0.229 e. The summed E-state index contributed by atoms with van der Waals surface area (Å²) in [6.45, 7) is 6.41. The molecular weight excluding hydrogens is 269 g/mol. The van der Waals surface area contributed by atoms with E-state index >= 15 is 0 Å². The molecule has 1 aliphatic rings. The molecule has 18 heavy (non-hydrogen) atoms. The lowest BCUT2D eigenvalue weighted by Gasteiger charge is -2.14. The zero-order valence-corrected chi connectivity index (χ0v) is 12.3. The van der Waals surface area contributed by atoms with Crippen molar-refractivity contribution in [2.24, 2.45) is 5.41 Å². The minimum Gasteiger partial charge on any atom is -0.351 e. The van der Waals surface area contributed by atoms with Crippen LogP contribution < -0.4 is 5.32 Å². The van der Waals surface area contributed by atoms with Crippen molar-refractivity contribution in [1.82, 2.24) is 5.32 Å². The fourth-order valence-electron chi connectivity index (χ4n) is 2.06. The Kier molecular flexibility index (Phi) is 3.37. The van der Waals surface area contributed by atoms with Crippen LogP contribution in [0.25, 0.3) is 0 Å². The Morgan fingerprint density at radius 2 is 2.00 bits per heavy atom. The van der Waals surface area contributed by atoms with Crippen molar-refractivity contribution in [2.75, 3.05) is 0 Å². The van der Waals surface area contributed by atoms with Gasteiger partial charge in [0, 0.05) is 6.54 Å². The number of nitrogens with one attached hydrogen (secondary N) is 1. The molecule has 98 valence electrons. The lowest BCUT2D eigenvalue weighted by Crippen LogP contribution is -2.33. The predicted molar refractivity (Wildman–Crippen MR) is 74.9 cm³/mol. The third-order valence-corrected chi connectivity index (χ3v) is 4.80. The fourth-order valence-corrected chi connectivity index (χ4v) is 2.77. The molecule has 1 aliphatic carbocycles. The van der Waals surface area contributed by atoms with E-state index in [1.165, 1.54) is 11.1 Å². The number of carbonyl (C=O) groups is 1. The van der Waals surface area contributed by atoms with E-state index < -0.39 is 9.75 Å². The summed E-state index contributed by atoms with van der Waals surface area (Å²) in [7, 11) is 0. The Bertz CT molecular complexity index is 499. The minimum absolute atomic E-state index is 0.0764. The van der Waals surface area contributed by atoms with Gasteiger partial charge in [0.2, 0.25) is 5.91 Å². The second-order valence-corrected chi connectivity index (χ2v) is 6.81. The quantitative estimate of drug-likeness (QED) is 0.846. The van der Waals surface area contributed by atoms with Crippen LogP contribution in [0.5, 0.6) is 0 Å². The Balaban J connectivity index is 1.99. The van der Waals surface area contributed by atoms with E-state index in [1.807, 2.05) is 19.1 Å². The van der Waals surface area contributed by atoms with Crippen LogP contribution in [0.15, 0.2) is 18.2 Å². The first-order valence-electron chi connectivity index (χ1n) is 5.98. The van der Waals surface area contributed by atoms with E-state index in [9.17, 15) is 4.79 Å². The van der Waals surface area contributed by atoms with Crippen molar-refractivity contribution < 1.29 is 4.79 Å². The summed E-state index contributed by atoms with van der Waals surface area (Å²) in [6, 6.07) is 6.18. The van der Waals surface area contributed by atoms with Crippen LogP contribution in [0, 0.1) is 19.3 Å². The van der Waals surface area contributed by atoms with Crippen molar-refractivity contribution in [3.05, 3.63) is 34.9 Å². The first kappa shape index (κ1) is 13.7. The normalized spacial score (nSPS) is 24.7. The van der Waals surface area contributed by atoms with Crippen molar-refractivity contribution >= 4 is 29.1 Å². The molecule has 1 aromatic carbocycles. The topological polar surface area (TPSA) is 29.1 Å². The third-order valence-electron chi connectivity index (χ3n) is 3.70. The highest BCUT2D eigenvalue weighted by molar-refractivity contribution is 6.53. The van der Waals surface area contributed by atoms with Gasteiger partial charge in [-0.3, -0.25) is 4.79 Å². The summed E-state index contributed by atoms with van der Waals surface area (Å²) in [4.78, 5) is 12.0. The van der Waals surface area contributed by atoms with Crippen LogP contribution in [0.3, 0.4) is 0 Å². The number of carbonyl (C=O) groups excluding carboxylic acids is 1. The molecule has 2 rings (SSSR count). The molecule has 1 amide bonds. The number of hydrogen-bond donors (Lipinski definition) is 1. The van der Waals surface area contributed by atoms with Crippen molar-refractivity contribution in [3.8, 4) is 0 Å². The molecule has 0 aromatic heterocycles. The first-order chi connectivity index (χ1) is 8.26. The van der Waals surface area contributed by atoms with Crippen LogP contribution >= 0.6 is 23.2 Å². The fraction of sp³-hybridized carbons (Fsp3) is 0.500. The molecular formula is C14H17Cl2NO. The summed E-state index contributed by atoms with van der Waals surface area (Å²) in [6.07, 6.45) is 0.516. The highest BCUT2D eigenvalue weighted by Crippen LogP contribution is 2.63. The maximum absolute atomic E-state index is 12.0. The number of aryl methyl sites for hydroxylation is 2. The Morgan fingerprint density at radius 1 is 1.39 bits per heavy atom. The zero-order valence-electron chi connectivity index (χ0n) is 10.8. The third kappa shape index (κ3) is 2.36. The molecule has 0 radical (unpaired) electrons.